The summed E-state index contributed by atoms with van der Waals surface area (Å²) in [5, 5.41) is 13.0. The van der Waals surface area contributed by atoms with Crippen molar-refractivity contribution in [2.75, 3.05) is 11.1 Å². The van der Waals surface area contributed by atoms with E-state index in [9.17, 15) is 9.90 Å². The van der Waals surface area contributed by atoms with Crippen molar-refractivity contribution >= 4 is 34.8 Å². The van der Waals surface area contributed by atoms with Gasteiger partial charge in [-0.25, -0.2) is 19.9 Å². The van der Waals surface area contributed by atoms with E-state index >= 15 is 0 Å². The second kappa shape index (κ2) is 8.41. The molecule has 0 spiro atoms. The molecule has 4 aromatic heterocycles. The highest BCUT2D eigenvalue weighted by atomic mass is 35.5. The fourth-order valence-corrected chi connectivity index (χ4v) is 5.48. The Labute approximate surface area is 212 Å². The first-order chi connectivity index (χ1) is 17.3. The third-order valence-electron chi connectivity index (χ3n) is 7.35. The summed E-state index contributed by atoms with van der Waals surface area (Å²) in [5.74, 6) is 0.764. The van der Waals surface area contributed by atoms with Gasteiger partial charge in [-0.2, -0.15) is 0 Å². The van der Waals surface area contributed by atoms with Gasteiger partial charge in [-0.1, -0.05) is 43.7 Å². The second-order valence-corrected chi connectivity index (χ2v) is 10.1. The number of anilines is 2. The van der Waals surface area contributed by atoms with Gasteiger partial charge in [-0.15, -0.1) is 0 Å². The largest absolute Gasteiger partial charge is 0.506 e. The molecule has 36 heavy (non-hydrogen) atoms. The third-order valence-corrected chi connectivity index (χ3v) is 7.64. The van der Waals surface area contributed by atoms with Crippen molar-refractivity contribution in [3.8, 4) is 17.3 Å². The maximum atomic E-state index is 13.1. The molecule has 6 rings (SSSR count). The van der Waals surface area contributed by atoms with Gasteiger partial charge in [0, 0.05) is 30.9 Å². The number of halogens is 1. The summed E-state index contributed by atoms with van der Waals surface area (Å²) >= 11 is 5.92. The van der Waals surface area contributed by atoms with E-state index in [2.05, 4.69) is 25.3 Å². The maximum Gasteiger partial charge on any atom is 0.242 e. The smallest absolute Gasteiger partial charge is 0.242 e. The van der Waals surface area contributed by atoms with Crippen molar-refractivity contribution < 1.29 is 9.90 Å². The highest BCUT2D eigenvalue weighted by Crippen LogP contribution is 2.45. The van der Waals surface area contributed by atoms with Crippen LogP contribution in [-0.4, -0.2) is 40.3 Å². The first-order valence-corrected chi connectivity index (χ1v) is 12.4. The monoisotopic (exact) mass is 504 g/mol. The van der Waals surface area contributed by atoms with E-state index in [-0.39, 0.29) is 28.2 Å². The van der Waals surface area contributed by atoms with Gasteiger partial charge in [0.25, 0.3) is 0 Å². The minimum Gasteiger partial charge on any atom is -0.506 e. The molecule has 10 nitrogen and oxygen atoms in total. The minimum absolute atomic E-state index is 0.0885. The molecule has 4 aromatic rings. The Morgan fingerprint density at radius 3 is 2.81 bits per heavy atom. The first-order valence-electron chi connectivity index (χ1n) is 12.0. The van der Waals surface area contributed by atoms with Gasteiger partial charge in [0.2, 0.25) is 5.91 Å². The van der Waals surface area contributed by atoms with Crippen molar-refractivity contribution in [1.82, 2.24) is 29.3 Å². The van der Waals surface area contributed by atoms with Crippen LogP contribution >= 0.6 is 11.6 Å². The number of nitrogen functional groups attached to an aromatic ring is 1. The Bertz CT molecular complexity index is 1510. The van der Waals surface area contributed by atoms with Gasteiger partial charge in [-0.05, 0) is 19.3 Å². The number of imidazole rings is 1. The number of carbonyl (C=O) groups is 1. The average Bonchev–Trinajstić information content (AvgIpc) is 3.44. The van der Waals surface area contributed by atoms with Crippen LogP contribution in [-0.2, 0) is 16.6 Å². The molecule has 0 radical (unpaired) electrons. The molecule has 0 aromatic carbocycles. The number of nitrogens with two attached hydrogens (primary N) is 1. The lowest BCUT2D eigenvalue weighted by Crippen LogP contribution is -2.33. The third kappa shape index (κ3) is 3.55. The lowest BCUT2D eigenvalue weighted by molar-refractivity contribution is -0.119. The van der Waals surface area contributed by atoms with Crippen molar-refractivity contribution in [1.29, 1.82) is 0 Å². The minimum atomic E-state index is -1.30. The highest BCUT2D eigenvalue weighted by Gasteiger charge is 2.49. The molecule has 5 heterocycles. The Morgan fingerprint density at radius 2 is 2.03 bits per heavy atom. The number of hydrogen-bond acceptors (Lipinski definition) is 8. The fourth-order valence-electron chi connectivity index (χ4n) is 5.37. The molecule has 2 aliphatic rings. The zero-order valence-electron chi connectivity index (χ0n) is 19.7. The van der Waals surface area contributed by atoms with Crippen LogP contribution < -0.4 is 11.1 Å². The van der Waals surface area contributed by atoms with Crippen LogP contribution in [0.25, 0.3) is 17.2 Å². The fraction of sp³-hybridized carbons (Fsp3) is 0.360. The number of fused-ring (bicyclic) bond motifs is 2. The van der Waals surface area contributed by atoms with Gasteiger partial charge in [0.1, 0.15) is 33.5 Å². The molecule has 1 saturated carbocycles. The number of pyridine rings is 1. The first kappa shape index (κ1) is 22.7. The summed E-state index contributed by atoms with van der Waals surface area (Å²) in [6, 6.07) is 1.36. The molecule has 1 fully saturated rings. The molecule has 0 saturated heterocycles. The second-order valence-electron chi connectivity index (χ2n) is 9.70. The zero-order valence-corrected chi connectivity index (χ0v) is 20.5. The Hall–Kier alpha value is -3.79. The average molecular weight is 505 g/mol. The number of rotatable bonds is 4. The van der Waals surface area contributed by atoms with E-state index in [4.69, 9.17) is 22.3 Å². The number of hydrogen-bond donors (Lipinski definition) is 3. The summed E-state index contributed by atoms with van der Waals surface area (Å²) in [7, 11) is 0. The Kier molecular flexibility index (Phi) is 5.29. The van der Waals surface area contributed by atoms with E-state index in [0.29, 0.717) is 28.8 Å². The number of amides is 1. The van der Waals surface area contributed by atoms with E-state index in [1.54, 1.807) is 13.1 Å². The van der Waals surface area contributed by atoms with Gasteiger partial charge < -0.3 is 20.6 Å². The van der Waals surface area contributed by atoms with E-state index in [0.717, 1.165) is 17.8 Å². The molecule has 11 heteroatoms. The number of nitrogens with one attached hydrogen (secondary N) is 1. The summed E-state index contributed by atoms with van der Waals surface area (Å²) < 4.78 is 1.93. The molecular weight excluding hydrogens is 480 g/mol. The molecule has 4 N–H and O–H groups in total. The van der Waals surface area contributed by atoms with Crippen LogP contribution in [0.4, 0.5) is 11.6 Å². The SMILES string of the molecule is C[C@]1(c2cc(O)c(Cl)cn2)C(=O)Nc2nc(-c3cn4ccnc4c(CC4CCCCC4)n3)nc(N)c21. The van der Waals surface area contributed by atoms with Crippen molar-refractivity contribution in [2.24, 2.45) is 5.92 Å². The molecule has 1 amide bonds. The Morgan fingerprint density at radius 1 is 1.22 bits per heavy atom. The van der Waals surface area contributed by atoms with Gasteiger partial charge >= 0.3 is 0 Å². The summed E-state index contributed by atoms with van der Waals surface area (Å²) in [5.41, 5.74) is 8.10. The molecule has 1 aliphatic carbocycles. The van der Waals surface area contributed by atoms with Crippen LogP contribution in [0.5, 0.6) is 5.75 Å². The summed E-state index contributed by atoms with van der Waals surface area (Å²) in [4.78, 5) is 36.0. The van der Waals surface area contributed by atoms with Crippen LogP contribution in [0, 0.1) is 5.92 Å². The van der Waals surface area contributed by atoms with Gasteiger partial charge in [0.15, 0.2) is 11.5 Å². The quantitative estimate of drug-likeness (QED) is 0.379. The van der Waals surface area contributed by atoms with Crippen LogP contribution in [0.1, 0.15) is 56.0 Å². The van der Waals surface area contributed by atoms with E-state index in [1.165, 1.54) is 44.4 Å². The molecule has 0 unspecified atom stereocenters. The Balaban J connectivity index is 1.43. The standard InChI is InChI=1S/C25H25ClN8O2/c1-25(18-10-17(35)14(26)11-29-18)19-20(27)31-21(32-22(19)33-24(25)36)16-12-34-8-7-28-23(34)15(30-16)9-13-5-3-2-4-6-13/h7-8,10-13H,2-6,9H2,1H3,(H,29,35)(H3,27,31,32,33,36)/t25-/m1/s1. The highest BCUT2D eigenvalue weighted by molar-refractivity contribution is 6.31. The summed E-state index contributed by atoms with van der Waals surface area (Å²) in [6.45, 7) is 1.67. The molecule has 184 valence electrons. The lowest BCUT2D eigenvalue weighted by atomic mass is 9.80. The zero-order chi connectivity index (χ0) is 25.0. The van der Waals surface area contributed by atoms with E-state index in [1.807, 2.05) is 16.8 Å². The van der Waals surface area contributed by atoms with Gasteiger partial charge in [-0.3, -0.25) is 9.78 Å². The number of aromatic hydroxyl groups is 1. The van der Waals surface area contributed by atoms with Crippen LogP contribution in [0.15, 0.2) is 30.9 Å². The maximum absolute atomic E-state index is 13.1. The lowest BCUT2D eigenvalue weighted by Gasteiger charge is -2.22. The predicted octanol–water partition coefficient (Wildman–Crippen LogP) is 3.90. The van der Waals surface area contributed by atoms with Crippen LogP contribution in [0.3, 0.4) is 0 Å². The van der Waals surface area contributed by atoms with E-state index < -0.39 is 5.41 Å². The molecule has 1 atom stereocenters. The van der Waals surface area contributed by atoms with Gasteiger partial charge in [0.05, 0.1) is 17.0 Å². The number of nitrogens with zero attached hydrogens (tertiary/aromatic N) is 6. The number of aromatic nitrogens is 6. The van der Waals surface area contributed by atoms with Crippen molar-refractivity contribution in [3.05, 3.63) is 52.8 Å². The summed E-state index contributed by atoms with van der Waals surface area (Å²) in [6.07, 6.45) is 13.8. The van der Waals surface area contributed by atoms with Crippen LogP contribution in [0.2, 0.25) is 5.02 Å². The molecule has 1 aliphatic heterocycles. The molecular formula is C25H25ClN8O2. The number of carbonyl (C=O) groups excluding carboxylic acids is 1. The topological polar surface area (TPSA) is 144 Å². The predicted molar refractivity (Wildman–Crippen MR) is 135 cm³/mol. The molecule has 0 bridgehead atoms. The van der Waals surface area contributed by atoms with Crippen molar-refractivity contribution in [2.45, 2.75) is 50.9 Å². The normalized spacial score (nSPS) is 20.0. The van der Waals surface area contributed by atoms with Crippen molar-refractivity contribution in [3.63, 3.8) is 0 Å².